The summed E-state index contributed by atoms with van der Waals surface area (Å²) >= 11 is 0. The fraction of sp³-hybridized carbons (Fsp3) is 0.471. The van der Waals surface area contributed by atoms with Crippen LogP contribution in [0, 0.1) is 5.82 Å². The molecule has 0 aromatic heterocycles. The summed E-state index contributed by atoms with van der Waals surface area (Å²) in [5.74, 6) is -1.33. The Morgan fingerprint density at radius 3 is 2.56 bits per heavy atom. The molecule has 0 radical (unpaired) electrons. The van der Waals surface area contributed by atoms with Gasteiger partial charge in [0, 0.05) is 32.6 Å². The number of nitrogens with one attached hydrogen (secondary N) is 1. The van der Waals surface area contributed by atoms with Gasteiger partial charge in [-0.15, -0.1) is 0 Å². The number of benzene rings is 1. The number of ether oxygens (including phenoxy) is 1. The molecule has 1 aromatic carbocycles. The normalized spacial score (nSPS) is 20.4. The summed E-state index contributed by atoms with van der Waals surface area (Å²) in [6.07, 6.45) is 0.693. The number of para-hydroxylation sites is 1. The maximum Gasteiger partial charge on any atom is 0.329 e. The lowest BCUT2D eigenvalue weighted by Crippen LogP contribution is -2.50. The van der Waals surface area contributed by atoms with Crippen LogP contribution in [-0.4, -0.2) is 61.5 Å². The lowest BCUT2D eigenvalue weighted by Gasteiger charge is -2.36. The van der Waals surface area contributed by atoms with Crippen molar-refractivity contribution in [1.82, 2.24) is 10.2 Å². The van der Waals surface area contributed by atoms with Gasteiger partial charge in [-0.25, -0.2) is 9.18 Å². The van der Waals surface area contributed by atoms with Gasteiger partial charge < -0.3 is 19.9 Å². The van der Waals surface area contributed by atoms with Crippen LogP contribution in [0.4, 0.5) is 10.1 Å². The molecule has 2 heterocycles. The Morgan fingerprint density at radius 1 is 1.20 bits per heavy atom. The minimum Gasteiger partial charge on any atom is -0.454 e. The first-order valence-corrected chi connectivity index (χ1v) is 8.28. The molecule has 2 aliphatic heterocycles. The van der Waals surface area contributed by atoms with E-state index in [-0.39, 0.29) is 24.2 Å². The molecule has 2 amide bonds. The van der Waals surface area contributed by atoms with Crippen LogP contribution < -0.4 is 10.2 Å². The lowest BCUT2D eigenvalue weighted by molar-refractivity contribution is -0.153. The van der Waals surface area contributed by atoms with Crippen molar-refractivity contribution in [3.05, 3.63) is 30.1 Å². The molecular formula is C17H20FN3O4. The average Bonchev–Trinajstić information content (AvgIpc) is 3.06. The third-order valence-electron chi connectivity index (χ3n) is 4.44. The highest BCUT2D eigenvalue weighted by Crippen LogP contribution is 2.20. The van der Waals surface area contributed by atoms with Crippen molar-refractivity contribution in [2.24, 2.45) is 0 Å². The van der Waals surface area contributed by atoms with E-state index in [9.17, 15) is 18.8 Å². The van der Waals surface area contributed by atoms with Crippen LogP contribution in [-0.2, 0) is 19.1 Å². The van der Waals surface area contributed by atoms with Crippen LogP contribution in [0.25, 0.3) is 0 Å². The fourth-order valence-corrected chi connectivity index (χ4v) is 3.02. The van der Waals surface area contributed by atoms with E-state index in [1.165, 1.54) is 6.07 Å². The molecular weight excluding hydrogens is 329 g/mol. The number of hydrogen-bond donors (Lipinski definition) is 1. The number of esters is 1. The van der Waals surface area contributed by atoms with Gasteiger partial charge in [-0.05, 0) is 18.6 Å². The van der Waals surface area contributed by atoms with E-state index in [0.717, 1.165) is 0 Å². The van der Waals surface area contributed by atoms with Crippen molar-refractivity contribution in [2.45, 2.75) is 18.9 Å². The summed E-state index contributed by atoms with van der Waals surface area (Å²) in [7, 11) is 0. The van der Waals surface area contributed by atoms with E-state index in [2.05, 4.69) is 5.32 Å². The Morgan fingerprint density at radius 2 is 1.92 bits per heavy atom. The molecule has 7 nitrogen and oxygen atoms in total. The van der Waals surface area contributed by atoms with E-state index in [0.29, 0.717) is 44.7 Å². The number of piperazine rings is 1. The summed E-state index contributed by atoms with van der Waals surface area (Å²) < 4.78 is 18.8. The quantitative estimate of drug-likeness (QED) is 0.791. The number of nitrogens with zero attached hydrogens (tertiary/aromatic N) is 2. The first-order valence-electron chi connectivity index (χ1n) is 8.28. The highest BCUT2D eigenvalue weighted by molar-refractivity contribution is 5.89. The lowest BCUT2D eigenvalue weighted by atomic mass is 10.2. The number of halogens is 1. The van der Waals surface area contributed by atoms with E-state index in [1.54, 1.807) is 23.1 Å². The highest BCUT2D eigenvalue weighted by Gasteiger charge is 2.30. The first-order chi connectivity index (χ1) is 12.0. The zero-order valence-corrected chi connectivity index (χ0v) is 13.7. The Balaban J connectivity index is 1.45. The molecule has 25 heavy (non-hydrogen) atoms. The predicted molar refractivity (Wildman–Crippen MR) is 87.3 cm³/mol. The largest absolute Gasteiger partial charge is 0.454 e. The molecule has 2 saturated heterocycles. The molecule has 1 N–H and O–H groups in total. The van der Waals surface area contributed by atoms with Gasteiger partial charge in [0.15, 0.2) is 6.61 Å². The Labute approximate surface area is 144 Å². The van der Waals surface area contributed by atoms with Gasteiger partial charge in [-0.3, -0.25) is 9.59 Å². The van der Waals surface area contributed by atoms with Gasteiger partial charge in [0.25, 0.3) is 5.91 Å². The van der Waals surface area contributed by atoms with Gasteiger partial charge in [0.1, 0.15) is 11.9 Å². The SMILES string of the molecule is O=C1CC[C@H](C(=O)OCC(=O)N2CCN(c3ccccc3F)CC2)N1. The van der Waals surface area contributed by atoms with Gasteiger partial charge in [-0.1, -0.05) is 12.1 Å². The molecule has 134 valence electrons. The summed E-state index contributed by atoms with van der Waals surface area (Å²) in [6.45, 7) is 1.55. The van der Waals surface area contributed by atoms with E-state index in [4.69, 9.17) is 4.74 Å². The van der Waals surface area contributed by atoms with Crippen molar-refractivity contribution in [3.63, 3.8) is 0 Å². The Hall–Kier alpha value is -2.64. The number of anilines is 1. The molecule has 3 rings (SSSR count). The van der Waals surface area contributed by atoms with Crippen LogP contribution in [0.15, 0.2) is 24.3 Å². The number of carbonyl (C=O) groups excluding carboxylic acids is 3. The second-order valence-electron chi connectivity index (χ2n) is 6.09. The maximum absolute atomic E-state index is 13.8. The molecule has 1 atom stereocenters. The number of amides is 2. The molecule has 0 spiro atoms. The summed E-state index contributed by atoms with van der Waals surface area (Å²) in [6, 6.07) is 5.88. The van der Waals surface area contributed by atoms with Gasteiger partial charge in [-0.2, -0.15) is 0 Å². The maximum atomic E-state index is 13.8. The fourth-order valence-electron chi connectivity index (χ4n) is 3.02. The number of carbonyl (C=O) groups is 3. The minimum atomic E-state index is -0.654. The molecule has 2 fully saturated rings. The number of hydrogen-bond acceptors (Lipinski definition) is 5. The van der Waals surface area contributed by atoms with E-state index in [1.807, 2.05) is 4.90 Å². The van der Waals surface area contributed by atoms with Gasteiger partial charge in [0.05, 0.1) is 5.69 Å². The standard InChI is InChI=1S/C17H20FN3O4/c18-12-3-1-2-4-14(12)20-7-9-21(10-8-20)16(23)11-25-17(24)13-5-6-15(22)19-13/h1-4,13H,5-11H2,(H,19,22)/t13-/m1/s1. The van der Waals surface area contributed by atoms with E-state index >= 15 is 0 Å². The second kappa shape index (κ2) is 7.50. The van der Waals surface area contributed by atoms with Crippen molar-refractivity contribution >= 4 is 23.5 Å². The van der Waals surface area contributed by atoms with Crippen LogP contribution in [0.2, 0.25) is 0 Å². The first kappa shape index (κ1) is 17.2. The molecule has 0 unspecified atom stereocenters. The minimum absolute atomic E-state index is 0.183. The zero-order chi connectivity index (χ0) is 17.8. The molecule has 0 bridgehead atoms. The zero-order valence-electron chi connectivity index (χ0n) is 13.7. The number of rotatable bonds is 4. The van der Waals surface area contributed by atoms with Crippen molar-refractivity contribution in [3.8, 4) is 0 Å². The Kier molecular flexibility index (Phi) is 5.16. The summed E-state index contributed by atoms with van der Waals surface area (Å²) in [4.78, 5) is 38.5. The predicted octanol–water partition coefficient (Wildman–Crippen LogP) is 0.296. The van der Waals surface area contributed by atoms with Crippen molar-refractivity contribution in [1.29, 1.82) is 0 Å². The summed E-state index contributed by atoms with van der Waals surface area (Å²) in [5.41, 5.74) is 0.526. The van der Waals surface area contributed by atoms with E-state index < -0.39 is 12.0 Å². The van der Waals surface area contributed by atoms with Crippen LogP contribution in [0.5, 0.6) is 0 Å². The molecule has 8 heteroatoms. The van der Waals surface area contributed by atoms with Crippen LogP contribution >= 0.6 is 0 Å². The van der Waals surface area contributed by atoms with Crippen LogP contribution in [0.1, 0.15) is 12.8 Å². The third kappa shape index (κ3) is 4.07. The van der Waals surface area contributed by atoms with Crippen LogP contribution in [0.3, 0.4) is 0 Å². The molecule has 0 saturated carbocycles. The summed E-state index contributed by atoms with van der Waals surface area (Å²) in [5, 5.41) is 2.51. The smallest absolute Gasteiger partial charge is 0.329 e. The molecule has 2 aliphatic rings. The third-order valence-corrected chi connectivity index (χ3v) is 4.44. The molecule has 0 aliphatic carbocycles. The van der Waals surface area contributed by atoms with Crippen molar-refractivity contribution < 1.29 is 23.5 Å². The van der Waals surface area contributed by atoms with Gasteiger partial charge in [0.2, 0.25) is 5.91 Å². The monoisotopic (exact) mass is 349 g/mol. The Bertz CT molecular complexity index is 674. The highest BCUT2D eigenvalue weighted by atomic mass is 19.1. The van der Waals surface area contributed by atoms with Crippen molar-refractivity contribution in [2.75, 3.05) is 37.7 Å². The molecule has 1 aromatic rings. The topological polar surface area (TPSA) is 79.0 Å². The second-order valence-corrected chi connectivity index (χ2v) is 6.09. The average molecular weight is 349 g/mol. The van der Waals surface area contributed by atoms with Gasteiger partial charge >= 0.3 is 5.97 Å².